The fourth-order valence-corrected chi connectivity index (χ4v) is 2.47. The van der Waals surface area contributed by atoms with Crippen LogP contribution in [0.25, 0.3) is 0 Å². The molecule has 6 heteroatoms. The monoisotopic (exact) mass is 311 g/mol. The van der Waals surface area contributed by atoms with Gasteiger partial charge in [-0.05, 0) is 63.7 Å². The smallest absolute Gasteiger partial charge is 0.195 e. The summed E-state index contributed by atoms with van der Waals surface area (Å²) in [4.78, 5) is 0. The molecule has 0 fully saturated rings. The molecule has 1 aromatic heterocycles. The number of aromatic nitrogens is 3. The van der Waals surface area contributed by atoms with Crippen LogP contribution in [0.5, 0.6) is 5.75 Å². The molecule has 1 heterocycles. The number of halogens is 1. The van der Waals surface area contributed by atoms with E-state index < -0.39 is 5.60 Å². The van der Waals surface area contributed by atoms with Crippen LogP contribution in [-0.4, -0.2) is 14.8 Å². The molecule has 0 saturated heterocycles. The Kier molecular flexibility index (Phi) is 4.20. The summed E-state index contributed by atoms with van der Waals surface area (Å²) in [5.41, 5.74) is 0.387. The summed E-state index contributed by atoms with van der Waals surface area (Å²) < 4.78 is 8.60. The first kappa shape index (κ1) is 15.1. The maximum absolute atomic E-state index is 6.07. The Bertz CT molecular complexity index is 675. The summed E-state index contributed by atoms with van der Waals surface area (Å²) in [5, 5.41) is 7.83. The van der Waals surface area contributed by atoms with Crippen molar-refractivity contribution < 1.29 is 4.74 Å². The molecule has 0 aliphatic heterocycles. The predicted molar refractivity (Wildman–Crippen MR) is 82.9 cm³/mol. The second kappa shape index (κ2) is 5.58. The van der Waals surface area contributed by atoms with E-state index in [1.54, 1.807) is 0 Å². The van der Waals surface area contributed by atoms with Gasteiger partial charge in [0, 0.05) is 11.6 Å². The lowest BCUT2D eigenvalue weighted by Crippen LogP contribution is -2.29. The summed E-state index contributed by atoms with van der Waals surface area (Å²) in [6.45, 7) is 8.65. The highest BCUT2D eigenvalue weighted by Gasteiger charge is 2.29. The van der Waals surface area contributed by atoms with Crippen LogP contribution in [0.2, 0.25) is 5.02 Å². The van der Waals surface area contributed by atoms with E-state index in [1.807, 2.05) is 50.5 Å². The Labute approximate surface area is 128 Å². The van der Waals surface area contributed by atoms with E-state index in [9.17, 15) is 0 Å². The fourth-order valence-electron chi connectivity index (χ4n) is 2.09. The third kappa shape index (κ3) is 2.88. The Morgan fingerprint density at radius 3 is 2.75 bits per heavy atom. The number of aryl methyl sites for hydroxylation is 1. The Morgan fingerprint density at radius 1 is 1.45 bits per heavy atom. The highest BCUT2D eigenvalue weighted by molar-refractivity contribution is 7.71. The number of hydrogen-bond donors (Lipinski definition) is 1. The molecule has 2 rings (SSSR count). The molecule has 1 aromatic carbocycles. The van der Waals surface area contributed by atoms with E-state index in [-0.39, 0.29) is 0 Å². The lowest BCUT2D eigenvalue weighted by molar-refractivity contribution is 0.0937. The molecule has 0 radical (unpaired) electrons. The zero-order chi connectivity index (χ0) is 14.9. The molecule has 0 aliphatic rings. The van der Waals surface area contributed by atoms with E-state index in [4.69, 9.17) is 28.6 Å². The average molecular weight is 312 g/mol. The van der Waals surface area contributed by atoms with Crippen molar-refractivity contribution >= 4 is 23.8 Å². The molecule has 0 spiro atoms. The maximum atomic E-state index is 6.07. The predicted octanol–water partition coefficient (Wildman–Crippen LogP) is 4.24. The third-order valence-electron chi connectivity index (χ3n) is 3.12. The minimum atomic E-state index is -0.593. The molecular weight excluding hydrogens is 294 g/mol. The van der Waals surface area contributed by atoms with Gasteiger partial charge in [0.1, 0.15) is 5.75 Å². The second-order valence-corrected chi connectivity index (χ2v) is 5.91. The molecule has 1 N–H and O–H groups in total. The normalized spacial score (nSPS) is 11.7. The molecule has 4 nitrogen and oxygen atoms in total. The van der Waals surface area contributed by atoms with Crippen molar-refractivity contribution in [2.24, 2.45) is 0 Å². The van der Waals surface area contributed by atoms with E-state index >= 15 is 0 Å². The van der Waals surface area contributed by atoms with Gasteiger partial charge in [-0.3, -0.25) is 5.10 Å². The van der Waals surface area contributed by atoms with Gasteiger partial charge in [0.05, 0.1) is 0 Å². The number of H-pyrrole nitrogens is 1. The Hall–Kier alpha value is -1.33. The van der Waals surface area contributed by atoms with Crippen LogP contribution in [0.1, 0.15) is 32.2 Å². The summed E-state index contributed by atoms with van der Waals surface area (Å²) in [6.07, 6.45) is 0. The summed E-state index contributed by atoms with van der Waals surface area (Å²) in [5.74, 6) is 1.53. The number of benzene rings is 1. The summed E-state index contributed by atoms with van der Waals surface area (Å²) in [7, 11) is 0. The molecule has 2 aromatic rings. The fraction of sp³-hybridized carbons (Fsp3) is 0.429. The van der Waals surface area contributed by atoms with Crippen LogP contribution in [0, 0.1) is 11.7 Å². The first-order valence-corrected chi connectivity index (χ1v) is 7.24. The van der Waals surface area contributed by atoms with Gasteiger partial charge >= 0.3 is 0 Å². The van der Waals surface area contributed by atoms with E-state index in [0.29, 0.717) is 4.77 Å². The molecule has 0 amide bonds. The van der Waals surface area contributed by atoms with Gasteiger partial charge in [-0.25, -0.2) is 0 Å². The highest BCUT2D eigenvalue weighted by atomic mass is 35.5. The van der Waals surface area contributed by atoms with Gasteiger partial charge in [-0.2, -0.15) is 5.10 Å². The first-order valence-electron chi connectivity index (χ1n) is 6.46. The molecule has 20 heavy (non-hydrogen) atoms. The largest absolute Gasteiger partial charge is 0.480 e. The van der Waals surface area contributed by atoms with Gasteiger partial charge < -0.3 is 9.30 Å². The molecular formula is C14H18ClN3OS. The standard InChI is InChI=1S/C14H18ClN3OS/c1-5-18-12(16-17-13(18)20)14(3,4)19-10-6-7-11(15)9(2)8-10/h6-8H,5H2,1-4H3,(H,17,20). The van der Waals surface area contributed by atoms with E-state index in [1.165, 1.54) is 0 Å². The Balaban J connectivity index is 2.34. The molecule has 0 saturated carbocycles. The molecule has 0 aliphatic carbocycles. The number of nitrogens with zero attached hydrogens (tertiary/aromatic N) is 2. The van der Waals surface area contributed by atoms with Crippen molar-refractivity contribution in [1.29, 1.82) is 0 Å². The van der Waals surface area contributed by atoms with E-state index in [0.717, 1.165) is 28.7 Å². The quantitative estimate of drug-likeness (QED) is 0.859. The minimum absolute atomic E-state index is 0.593. The van der Waals surface area contributed by atoms with Crippen LogP contribution in [0.4, 0.5) is 0 Å². The maximum Gasteiger partial charge on any atom is 0.195 e. The molecule has 0 atom stereocenters. The van der Waals surface area contributed by atoms with Crippen LogP contribution in [-0.2, 0) is 12.1 Å². The topological polar surface area (TPSA) is 42.8 Å². The van der Waals surface area contributed by atoms with Crippen LogP contribution < -0.4 is 4.74 Å². The van der Waals surface area contributed by atoms with Crippen molar-refractivity contribution in [1.82, 2.24) is 14.8 Å². The number of aromatic amines is 1. The number of ether oxygens (including phenoxy) is 1. The lowest BCUT2D eigenvalue weighted by Gasteiger charge is -2.26. The zero-order valence-corrected chi connectivity index (χ0v) is 13.6. The SMILES string of the molecule is CCn1c(C(C)(C)Oc2ccc(Cl)c(C)c2)n[nH]c1=S. The number of hydrogen-bond acceptors (Lipinski definition) is 3. The van der Waals surface area contributed by atoms with Crippen LogP contribution in [0.15, 0.2) is 18.2 Å². The highest BCUT2D eigenvalue weighted by Crippen LogP contribution is 2.29. The van der Waals surface area contributed by atoms with E-state index in [2.05, 4.69) is 10.2 Å². The van der Waals surface area contributed by atoms with Gasteiger partial charge in [0.25, 0.3) is 0 Å². The lowest BCUT2D eigenvalue weighted by atomic mass is 10.1. The summed E-state index contributed by atoms with van der Waals surface area (Å²) >= 11 is 11.2. The minimum Gasteiger partial charge on any atom is -0.480 e. The molecule has 0 unspecified atom stereocenters. The van der Waals surface area contributed by atoms with Gasteiger partial charge in [-0.1, -0.05) is 11.6 Å². The zero-order valence-electron chi connectivity index (χ0n) is 12.0. The number of nitrogens with one attached hydrogen (secondary N) is 1. The Morgan fingerprint density at radius 2 is 2.15 bits per heavy atom. The second-order valence-electron chi connectivity index (χ2n) is 5.12. The average Bonchev–Trinajstić information content (AvgIpc) is 2.75. The molecule has 108 valence electrons. The van der Waals surface area contributed by atoms with Crippen molar-refractivity contribution in [3.8, 4) is 5.75 Å². The van der Waals surface area contributed by atoms with Gasteiger partial charge in [0.2, 0.25) is 0 Å². The molecule has 0 bridgehead atoms. The van der Waals surface area contributed by atoms with Gasteiger partial charge in [-0.15, -0.1) is 0 Å². The first-order chi connectivity index (χ1) is 9.35. The van der Waals surface area contributed by atoms with Gasteiger partial charge in [0.15, 0.2) is 16.2 Å². The van der Waals surface area contributed by atoms with Crippen LogP contribution >= 0.6 is 23.8 Å². The van der Waals surface area contributed by atoms with Crippen LogP contribution in [0.3, 0.4) is 0 Å². The van der Waals surface area contributed by atoms with Crippen molar-refractivity contribution in [2.45, 2.75) is 39.8 Å². The summed E-state index contributed by atoms with van der Waals surface area (Å²) in [6, 6.07) is 5.61. The van der Waals surface area contributed by atoms with Crippen molar-refractivity contribution in [3.63, 3.8) is 0 Å². The van der Waals surface area contributed by atoms with Crippen molar-refractivity contribution in [2.75, 3.05) is 0 Å². The number of rotatable bonds is 4. The van der Waals surface area contributed by atoms with Crippen molar-refractivity contribution in [3.05, 3.63) is 39.4 Å². The third-order valence-corrected chi connectivity index (χ3v) is 3.85.